The van der Waals surface area contributed by atoms with Crippen LogP contribution in [0, 0.1) is 0 Å². The van der Waals surface area contributed by atoms with E-state index in [1.54, 1.807) is 5.56 Å². The van der Waals surface area contributed by atoms with Gasteiger partial charge in [-0.3, -0.25) is 0 Å². The number of unbranched alkanes of at least 4 members (excludes halogenated alkanes) is 4. The predicted molar refractivity (Wildman–Crippen MR) is 65.5 cm³/mol. The molecule has 1 N–H and O–H groups in total. The standard InChI is InChI=1S/C12H20N.In.2H/c1-2-3-4-5-6-7-8-12-9-10-13-11-12;;;/h8-11,13H,2-7H2,1H3;;;. The summed E-state index contributed by atoms with van der Waals surface area (Å²) in [5, 5.41) is 0. The van der Waals surface area contributed by atoms with Crippen molar-refractivity contribution in [1.82, 2.24) is 4.98 Å². The molecule has 0 aromatic carbocycles. The molecule has 1 aromatic rings. The van der Waals surface area contributed by atoms with Gasteiger partial charge in [-0.05, 0) is 0 Å². The molecule has 1 heterocycles. The van der Waals surface area contributed by atoms with Crippen LogP contribution in [0.1, 0.15) is 54.7 Å². The van der Waals surface area contributed by atoms with Crippen LogP contribution in [0.3, 0.4) is 0 Å². The molecule has 1 aromatic heterocycles. The summed E-state index contributed by atoms with van der Waals surface area (Å²) in [7, 11) is 0. The molecule has 0 aliphatic heterocycles. The number of H-pyrrole nitrogens is 1. The first-order valence-corrected chi connectivity index (χ1v) is 9.27. The van der Waals surface area contributed by atoms with E-state index in [4.69, 9.17) is 0 Å². The van der Waals surface area contributed by atoms with Crippen molar-refractivity contribution in [2.45, 2.75) is 49.1 Å². The topological polar surface area (TPSA) is 15.8 Å². The van der Waals surface area contributed by atoms with Crippen molar-refractivity contribution in [2.75, 3.05) is 0 Å². The molecule has 1 nitrogen and oxygen atoms in total. The van der Waals surface area contributed by atoms with Crippen molar-refractivity contribution in [3.05, 3.63) is 24.0 Å². The molecule has 0 aliphatic rings. The van der Waals surface area contributed by atoms with Gasteiger partial charge in [-0.2, -0.15) is 0 Å². The molecule has 1 rings (SSSR count). The molecule has 0 saturated carbocycles. The molecule has 0 bridgehead atoms. The first kappa shape index (κ1) is 12.2. The summed E-state index contributed by atoms with van der Waals surface area (Å²) in [6.45, 7) is 2.28. The fourth-order valence-electron chi connectivity index (χ4n) is 1.86. The number of aromatic nitrogens is 1. The van der Waals surface area contributed by atoms with Gasteiger partial charge < -0.3 is 0 Å². The van der Waals surface area contributed by atoms with E-state index in [1.165, 1.54) is 38.5 Å². The number of nitrogens with one attached hydrogen (secondary N) is 1. The summed E-state index contributed by atoms with van der Waals surface area (Å²) in [4.78, 5) is 3.15. The zero-order valence-corrected chi connectivity index (χ0v) is 15.3. The van der Waals surface area contributed by atoms with Crippen LogP contribution in [0.2, 0.25) is 0 Å². The van der Waals surface area contributed by atoms with E-state index in [0.717, 1.165) is 28.0 Å². The molecule has 1 atom stereocenters. The Balaban J connectivity index is 2.07. The normalized spacial score (nSPS) is 12.9. The first-order valence-electron chi connectivity index (χ1n) is 5.97. The van der Waals surface area contributed by atoms with Crippen molar-refractivity contribution < 1.29 is 0 Å². The van der Waals surface area contributed by atoms with Crippen LogP contribution in [-0.4, -0.2) is 29.4 Å². The third-order valence-electron chi connectivity index (χ3n) is 2.93. The Bertz CT molecular complexity index is 218. The van der Waals surface area contributed by atoms with Gasteiger partial charge in [0, 0.05) is 0 Å². The van der Waals surface area contributed by atoms with E-state index < -0.39 is 0 Å². The third-order valence-corrected chi connectivity index (χ3v) is 6.48. The molecule has 2 heteroatoms. The quantitative estimate of drug-likeness (QED) is 0.744. The van der Waals surface area contributed by atoms with Crippen LogP contribution in [0.5, 0.6) is 0 Å². The van der Waals surface area contributed by atoms with Crippen molar-refractivity contribution in [3.8, 4) is 0 Å². The van der Waals surface area contributed by atoms with Crippen LogP contribution in [-0.2, 0) is 0 Å². The fourth-order valence-corrected chi connectivity index (χ4v) is 4.05. The SMILES string of the molecule is CCCCCCC[CH]([InH2])c1cc[nH]c1. The van der Waals surface area contributed by atoms with Crippen LogP contribution in [0.15, 0.2) is 18.5 Å². The molecule has 0 aliphatic carbocycles. The molecule has 0 spiro atoms. The van der Waals surface area contributed by atoms with Gasteiger partial charge in [0.15, 0.2) is 0 Å². The van der Waals surface area contributed by atoms with Crippen molar-refractivity contribution in [3.63, 3.8) is 0 Å². The molecule has 1 unspecified atom stereocenters. The van der Waals surface area contributed by atoms with Crippen LogP contribution in [0.25, 0.3) is 0 Å². The second kappa shape index (κ2) is 7.44. The van der Waals surface area contributed by atoms with Crippen LogP contribution < -0.4 is 0 Å². The average molecular weight is 295 g/mol. The summed E-state index contributed by atoms with van der Waals surface area (Å²) in [6, 6.07) is 2.24. The molecule has 0 amide bonds. The number of aromatic amines is 1. The van der Waals surface area contributed by atoms with E-state index in [9.17, 15) is 0 Å². The fraction of sp³-hybridized carbons (Fsp3) is 0.667. The van der Waals surface area contributed by atoms with Crippen molar-refractivity contribution >= 4 is 24.4 Å². The molecular formula is C12H22InN. The zero-order chi connectivity index (χ0) is 10.2. The Morgan fingerprint density at radius 3 is 2.71 bits per heavy atom. The van der Waals surface area contributed by atoms with E-state index >= 15 is 0 Å². The second-order valence-corrected chi connectivity index (χ2v) is 8.23. The summed E-state index contributed by atoms with van der Waals surface area (Å²) in [6.07, 6.45) is 12.7. The maximum atomic E-state index is 3.15. The van der Waals surface area contributed by atoms with E-state index in [1.807, 2.05) is 0 Å². The van der Waals surface area contributed by atoms with Gasteiger partial charge in [0.2, 0.25) is 0 Å². The number of hydrogen-bond donors (Lipinski definition) is 1. The Morgan fingerprint density at radius 1 is 1.29 bits per heavy atom. The Morgan fingerprint density at radius 2 is 2.07 bits per heavy atom. The van der Waals surface area contributed by atoms with Gasteiger partial charge in [0.05, 0.1) is 0 Å². The minimum atomic E-state index is 0.763. The van der Waals surface area contributed by atoms with E-state index in [-0.39, 0.29) is 0 Å². The van der Waals surface area contributed by atoms with Crippen molar-refractivity contribution in [2.24, 2.45) is 0 Å². The Labute approximate surface area is 102 Å². The predicted octanol–water partition coefficient (Wildman–Crippen LogP) is 3.05. The molecule has 78 valence electrons. The van der Waals surface area contributed by atoms with Gasteiger partial charge >= 0.3 is 103 Å². The van der Waals surface area contributed by atoms with Crippen molar-refractivity contribution in [1.29, 1.82) is 0 Å². The first-order chi connectivity index (χ1) is 6.84. The molecule has 0 saturated heterocycles. The summed E-state index contributed by atoms with van der Waals surface area (Å²) >= 11 is 0.763. The monoisotopic (exact) mass is 295 g/mol. The van der Waals surface area contributed by atoms with Gasteiger partial charge in [0.1, 0.15) is 0 Å². The number of hydrogen-bond acceptors (Lipinski definition) is 0. The van der Waals surface area contributed by atoms with Gasteiger partial charge in [-0.1, -0.05) is 0 Å². The maximum absolute atomic E-state index is 3.15. The summed E-state index contributed by atoms with van der Waals surface area (Å²) in [5.41, 5.74) is 1.55. The Hall–Kier alpha value is 0.150. The van der Waals surface area contributed by atoms with Crippen LogP contribution in [0.4, 0.5) is 0 Å². The molecule has 14 heavy (non-hydrogen) atoms. The van der Waals surface area contributed by atoms with Gasteiger partial charge in [-0.25, -0.2) is 0 Å². The number of rotatable bonds is 7. The van der Waals surface area contributed by atoms with Gasteiger partial charge in [0.25, 0.3) is 0 Å². The Kier molecular flexibility index (Phi) is 6.50. The summed E-state index contributed by atoms with van der Waals surface area (Å²) in [5.74, 6) is 0. The van der Waals surface area contributed by atoms with E-state index in [2.05, 4.69) is 30.4 Å². The average Bonchev–Trinajstić information content (AvgIpc) is 2.70. The van der Waals surface area contributed by atoms with Crippen LogP contribution >= 0.6 is 0 Å². The van der Waals surface area contributed by atoms with E-state index in [0.29, 0.717) is 0 Å². The molecule has 0 radical (unpaired) electrons. The third kappa shape index (κ3) is 4.59. The second-order valence-electron chi connectivity index (χ2n) is 4.25. The summed E-state index contributed by atoms with van der Waals surface area (Å²) < 4.78 is 0.935. The molecular weight excluding hydrogens is 273 g/mol. The minimum absolute atomic E-state index is 0.763. The van der Waals surface area contributed by atoms with Gasteiger partial charge in [-0.15, -0.1) is 0 Å². The molecule has 0 fully saturated rings. The zero-order valence-electron chi connectivity index (χ0n) is 9.55.